The maximum atomic E-state index is 13.5. The molecule has 0 radical (unpaired) electrons. The third-order valence-corrected chi connectivity index (χ3v) is 4.55. The molecule has 1 heterocycles. The number of hydrogen-bond donors (Lipinski definition) is 2. The van der Waals surface area contributed by atoms with Gasteiger partial charge in [0.25, 0.3) is 0 Å². The van der Waals surface area contributed by atoms with Gasteiger partial charge in [-0.2, -0.15) is 5.10 Å². The van der Waals surface area contributed by atoms with E-state index >= 15 is 0 Å². The Labute approximate surface area is 117 Å². The molecule has 108 valence electrons. The van der Waals surface area contributed by atoms with Crippen LogP contribution in [0.1, 0.15) is 22.4 Å². The lowest BCUT2D eigenvalue weighted by molar-refractivity contribution is 0.580. The highest BCUT2D eigenvalue weighted by molar-refractivity contribution is 7.89. The highest BCUT2D eigenvalue weighted by atomic mass is 32.2. The van der Waals surface area contributed by atoms with E-state index in [2.05, 4.69) is 14.9 Å². The molecule has 0 aliphatic heterocycles. The smallest absolute Gasteiger partial charge is 0.244 e. The topological polar surface area (TPSA) is 74.8 Å². The number of nitrogens with one attached hydrogen (secondary N) is 2. The lowest BCUT2D eigenvalue weighted by atomic mass is 10.1. The second kappa shape index (κ2) is 5.34. The molecule has 0 atom stereocenters. The Balaban J connectivity index is 2.19. The zero-order valence-corrected chi connectivity index (χ0v) is 12.3. The standard InChI is InChI=1S/C13H16FN3O2S/c1-8-4-11(5-9(2)13(8)14)6-16-20(18,19)12-7-15-17-10(12)3/h4-5,7,16H,6H2,1-3H3,(H,15,17). The number of aromatic amines is 1. The summed E-state index contributed by atoms with van der Waals surface area (Å²) in [7, 11) is -3.62. The number of hydrogen-bond acceptors (Lipinski definition) is 3. The molecule has 0 aliphatic carbocycles. The molecule has 0 saturated carbocycles. The number of sulfonamides is 1. The Morgan fingerprint density at radius 3 is 2.35 bits per heavy atom. The normalized spacial score (nSPS) is 11.8. The largest absolute Gasteiger partial charge is 0.281 e. The molecule has 2 aromatic rings. The molecule has 1 aromatic carbocycles. The predicted octanol–water partition coefficient (Wildman–Crippen LogP) is 1.95. The Bertz CT molecular complexity index is 715. The molecular weight excluding hydrogens is 281 g/mol. The quantitative estimate of drug-likeness (QED) is 0.905. The molecule has 0 unspecified atom stereocenters. The van der Waals surface area contributed by atoms with Crippen LogP contribution in [-0.2, 0) is 16.6 Å². The van der Waals surface area contributed by atoms with E-state index in [4.69, 9.17) is 0 Å². The highest BCUT2D eigenvalue weighted by Gasteiger charge is 2.18. The van der Waals surface area contributed by atoms with Crippen molar-refractivity contribution in [2.24, 2.45) is 0 Å². The molecular formula is C13H16FN3O2S. The third-order valence-electron chi connectivity index (χ3n) is 3.04. The maximum absolute atomic E-state index is 13.5. The van der Waals surface area contributed by atoms with Gasteiger partial charge < -0.3 is 0 Å². The van der Waals surface area contributed by atoms with Gasteiger partial charge in [-0.25, -0.2) is 17.5 Å². The van der Waals surface area contributed by atoms with Crippen molar-refractivity contribution in [3.8, 4) is 0 Å². The van der Waals surface area contributed by atoms with Gasteiger partial charge in [-0.3, -0.25) is 5.10 Å². The summed E-state index contributed by atoms with van der Waals surface area (Å²) in [5.41, 5.74) is 2.19. The molecule has 0 bridgehead atoms. The molecule has 0 aliphatic rings. The lowest BCUT2D eigenvalue weighted by Crippen LogP contribution is -2.23. The Morgan fingerprint density at radius 2 is 1.85 bits per heavy atom. The number of nitrogens with zero attached hydrogens (tertiary/aromatic N) is 1. The summed E-state index contributed by atoms with van der Waals surface area (Å²) in [6.07, 6.45) is 1.26. The van der Waals surface area contributed by atoms with Crippen molar-refractivity contribution < 1.29 is 12.8 Å². The van der Waals surface area contributed by atoms with Gasteiger partial charge in [0.15, 0.2) is 0 Å². The lowest BCUT2D eigenvalue weighted by Gasteiger charge is -2.09. The second-order valence-corrected chi connectivity index (χ2v) is 6.46. The van der Waals surface area contributed by atoms with Crippen molar-refractivity contribution >= 4 is 10.0 Å². The molecule has 0 amide bonds. The van der Waals surface area contributed by atoms with Crippen LogP contribution >= 0.6 is 0 Å². The van der Waals surface area contributed by atoms with E-state index in [9.17, 15) is 12.8 Å². The van der Waals surface area contributed by atoms with E-state index in [0.29, 0.717) is 22.4 Å². The van der Waals surface area contributed by atoms with Crippen molar-refractivity contribution in [2.75, 3.05) is 0 Å². The average molecular weight is 297 g/mol. The van der Waals surface area contributed by atoms with Crippen molar-refractivity contribution in [3.63, 3.8) is 0 Å². The molecule has 0 fully saturated rings. The van der Waals surface area contributed by atoms with Gasteiger partial charge >= 0.3 is 0 Å². The summed E-state index contributed by atoms with van der Waals surface area (Å²) in [5.74, 6) is -0.262. The van der Waals surface area contributed by atoms with Gasteiger partial charge in [-0.05, 0) is 37.5 Å². The minimum atomic E-state index is -3.62. The molecule has 0 saturated heterocycles. The zero-order chi connectivity index (χ0) is 14.9. The van der Waals surface area contributed by atoms with Crippen molar-refractivity contribution in [1.29, 1.82) is 0 Å². The van der Waals surface area contributed by atoms with Gasteiger partial charge in [-0.15, -0.1) is 0 Å². The fourth-order valence-corrected chi connectivity index (χ4v) is 3.16. The second-order valence-electron chi connectivity index (χ2n) is 4.73. The number of rotatable bonds is 4. The molecule has 2 rings (SSSR count). The fourth-order valence-electron chi connectivity index (χ4n) is 2.00. The molecule has 5 nitrogen and oxygen atoms in total. The van der Waals surface area contributed by atoms with Crippen LogP contribution in [0.4, 0.5) is 4.39 Å². The molecule has 1 aromatic heterocycles. The van der Waals surface area contributed by atoms with E-state index in [-0.39, 0.29) is 17.3 Å². The summed E-state index contributed by atoms with van der Waals surface area (Å²) in [4.78, 5) is 0.119. The minimum absolute atomic E-state index is 0.106. The van der Waals surface area contributed by atoms with Crippen molar-refractivity contribution in [3.05, 3.63) is 46.5 Å². The first kappa shape index (κ1) is 14.7. The third kappa shape index (κ3) is 2.88. The van der Waals surface area contributed by atoms with Crippen LogP contribution in [0.25, 0.3) is 0 Å². The summed E-state index contributed by atoms with van der Waals surface area (Å²) in [6, 6.07) is 3.26. The SMILES string of the molecule is Cc1cc(CNS(=O)(=O)c2cn[nH]c2C)cc(C)c1F. The number of aryl methyl sites for hydroxylation is 3. The van der Waals surface area contributed by atoms with Gasteiger partial charge in [0.05, 0.1) is 11.9 Å². The monoisotopic (exact) mass is 297 g/mol. The average Bonchev–Trinajstić information content (AvgIpc) is 2.80. The van der Waals surface area contributed by atoms with E-state index < -0.39 is 10.0 Å². The summed E-state index contributed by atoms with van der Waals surface area (Å²) in [6.45, 7) is 5.05. The van der Waals surface area contributed by atoms with E-state index in [1.54, 1.807) is 32.9 Å². The number of benzene rings is 1. The minimum Gasteiger partial charge on any atom is -0.281 e. The Kier molecular flexibility index (Phi) is 3.92. The van der Waals surface area contributed by atoms with E-state index in [0.717, 1.165) is 0 Å². The molecule has 0 spiro atoms. The molecule has 7 heteroatoms. The summed E-state index contributed by atoms with van der Waals surface area (Å²) >= 11 is 0. The van der Waals surface area contributed by atoms with Crippen LogP contribution in [0, 0.1) is 26.6 Å². The predicted molar refractivity (Wildman–Crippen MR) is 73.2 cm³/mol. The first-order valence-electron chi connectivity index (χ1n) is 6.06. The zero-order valence-electron chi connectivity index (χ0n) is 11.5. The Morgan fingerprint density at radius 1 is 1.25 bits per heavy atom. The van der Waals surface area contributed by atoms with Gasteiger partial charge in [0, 0.05) is 6.54 Å². The van der Waals surface area contributed by atoms with Crippen LogP contribution in [0.5, 0.6) is 0 Å². The highest BCUT2D eigenvalue weighted by Crippen LogP contribution is 2.16. The van der Waals surface area contributed by atoms with Crippen molar-refractivity contribution in [1.82, 2.24) is 14.9 Å². The Hall–Kier alpha value is -1.73. The van der Waals surface area contributed by atoms with Crippen LogP contribution in [0.3, 0.4) is 0 Å². The number of aromatic nitrogens is 2. The first-order valence-corrected chi connectivity index (χ1v) is 7.55. The van der Waals surface area contributed by atoms with E-state index in [1.165, 1.54) is 6.20 Å². The summed E-state index contributed by atoms with van der Waals surface area (Å²) in [5, 5.41) is 6.27. The van der Waals surface area contributed by atoms with Gasteiger partial charge in [-0.1, -0.05) is 12.1 Å². The van der Waals surface area contributed by atoms with Crippen LogP contribution in [0.15, 0.2) is 23.2 Å². The fraction of sp³-hybridized carbons (Fsp3) is 0.308. The van der Waals surface area contributed by atoms with Crippen LogP contribution in [-0.4, -0.2) is 18.6 Å². The van der Waals surface area contributed by atoms with E-state index in [1.807, 2.05) is 0 Å². The van der Waals surface area contributed by atoms with Gasteiger partial charge in [0.2, 0.25) is 10.0 Å². The van der Waals surface area contributed by atoms with Crippen molar-refractivity contribution in [2.45, 2.75) is 32.2 Å². The van der Waals surface area contributed by atoms with Gasteiger partial charge in [0.1, 0.15) is 10.7 Å². The van der Waals surface area contributed by atoms with Crippen LogP contribution in [0.2, 0.25) is 0 Å². The summed E-state index contributed by atoms with van der Waals surface area (Å²) < 4.78 is 40.2. The van der Waals surface area contributed by atoms with Crippen LogP contribution < -0.4 is 4.72 Å². The molecule has 20 heavy (non-hydrogen) atoms. The number of halogens is 1. The molecule has 2 N–H and O–H groups in total. The number of H-pyrrole nitrogens is 1. The maximum Gasteiger partial charge on any atom is 0.244 e. The first-order chi connectivity index (χ1) is 9.31.